The highest BCUT2D eigenvalue weighted by Gasteiger charge is 2.28. The zero-order valence-electron chi connectivity index (χ0n) is 11.7. The summed E-state index contributed by atoms with van der Waals surface area (Å²) in [5.41, 5.74) is 1.28. The van der Waals surface area contributed by atoms with Gasteiger partial charge in [-0.15, -0.1) is 0 Å². The van der Waals surface area contributed by atoms with E-state index in [-0.39, 0.29) is 4.75 Å². The molecule has 1 aromatic carbocycles. The molecule has 0 aliphatic heterocycles. The van der Waals surface area contributed by atoms with E-state index in [1.807, 2.05) is 32.0 Å². The molecule has 0 aromatic heterocycles. The Morgan fingerprint density at radius 1 is 1.28 bits per heavy atom. The average Bonchev–Trinajstić information content (AvgIpc) is 2.28. The first-order chi connectivity index (χ1) is 8.33. The molecule has 0 amide bonds. The molecule has 0 saturated heterocycles. The second kappa shape index (κ2) is 6.45. The minimum absolute atomic E-state index is 0.351. The lowest BCUT2D eigenvalue weighted by Gasteiger charge is -2.29. The van der Waals surface area contributed by atoms with Gasteiger partial charge in [-0.05, 0) is 45.8 Å². The third-order valence-electron chi connectivity index (χ3n) is 3.14. The van der Waals surface area contributed by atoms with Crippen LogP contribution < -0.4 is 5.14 Å². The summed E-state index contributed by atoms with van der Waals surface area (Å²) in [5, 5.41) is 5.59. The van der Waals surface area contributed by atoms with Gasteiger partial charge in [0.05, 0.1) is 15.7 Å². The van der Waals surface area contributed by atoms with E-state index < -0.39 is 11.0 Å². The predicted octanol–water partition coefficient (Wildman–Crippen LogP) is 2.12. The molecule has 1 rings (SSSR count). The van der Waals surface area contributed by atoms with E-state index in [0.717, 1.165) is 13.0 Å². The maximum atomic E-state index is 11.6. The Bertz CT molecular complexity index is 390. The average molecular weight is 268 g/mol. The van der Waals surface area contributed by atoms with Gasteiger partial charge in [0, 0.05) is 6.54 Å². The summed E-state index contributed by atoms with van der Waals surface area (Å²) in [4.78, 5) is 2.16. The molecule has 0 radical (unpaired) electrons. The van der Waals surface area contributed by atoms with Gasteiger partial charge in [0.25, 0.3) is 0 Å². The van der Waals surface area contributed by atoms with Crippen molar-refractivity contribution in [3.8, 4) is 0 Å². The summed E-state index contributed by atoms with van der Waals surface area (Å²) in [6.45, 7) is 4.87. The molecule has 2 N–H and O–H groups in total. The molecule has 2 atom stereocenters. The fraction of sp³-hybridized carbons (Fsp3) is 0.571. The van der Waals surface area contributed by atoms with Crippen LogP contribution in [-0.4, -0.2) is 34.5 Å². The van der Waals surface area contributed by atoms with Crippen molar-refractivity contribution in [3.05, 3.63) is 35.9 Å². The number of hydrogen-bond acceptors (Lipinski definition) is 2. The van der Waals surface area contributed by atoms with Crippen molar-refractivity contribution in [2.45, 2.75) is 30.9 Å². The monoisotopic (exact) mass is 268 g/mol. The third-order valence-corrected chi connectivity index (χ3v) is 4.40. The Morgan fingerprint density at radius 3 is 2.28 bits per heavy atom. The van der Waals surface area contributed by atoms with E-state index >= 15 is 0 Å². The first-order valence-corrected chi connectivity index (χ1v) is 7.40. The zero-order chi connectivity index (χ0) is 13.8. The highest BCUT2D eigenvalue weighted by molar-refractivity contribution is 7.84. The van der Waals surface area contributed by atoms with Gasteiger partial charge in [0.2, 0.25) is 0 Å². The molecule has 0 aliphatic rings. The Labute approximate surface area is 113 Å². The molecule has 102 valence electrons. The summed E-state index contributed by atoms with van der Waals surface area (Å²) in [6, 6.07) is 10.4. The van der Waals surface area contributed by atoms with Gasteiger partial charge in [-0.1, -0.05) is 30.3 Å². The van der Waals surface area contributed by atoms with Gasteiger partial charge >= 0.3 is 0 Å². The Morgan fingerprint density at radius 2 is 1.83 bits per heavy atom. The Balaban J connectivity index is 2.90. The normalized spacial score (nSPS) is 15.7. The van der Waals surface area contributed by atoms with E-state index in [4.69, 9.17) is 5.14 Å². The topological polar surface area (TPSA) is 46.3 Å². The minimum atomic E-state index is -1.30. The molecular formula is C14H24N2OS. The standard InChI is InChI=1S/C14H24N2OS/c1-14(2,18(15)17)10-13(11-16(3)4)12-8-6-5-7-9-12/h5-9,13H,10-11,15H2,1-4H3/t13-,18?/m1/s1. The maximum Gasteiger partial charge on any atom is 0.0945 e. The molecule has 0 bridgehead atoms. The highest BCUT2D eigenvalue weighted by Crippen LogP contribution is 2.29. The van der Waals surface area contributed by atoms with Crippen molar-refractivity contribution in [1.29, 1.82) is 0 Å². The molecule has 0 aliphatic carbocycles. The largest absolute Gasteiger partial charge is 0.309 e. The van der Waals surface area contributed by atoms with Crippen LogP contribution in [0.15, 0.2) is 30.3 Å². The van der Waals surface area contributed by atoms with Gasteiger partial charge < -0.3 is 4.90 Å². The fourth-order valence-electron chi connectivity index (χ4n) is 2.13. The number of rotatable bonds is 6. The molecule has 1 aromatic rings. The smallest absolute Gasteiger partial charge is 0.0945 e. The quantitative estimate of drug-likeness (QED) is 0.859. The second-order valence-electron chi connectivity index (χ2n) is 5.63. The Hall–Kier alpha value is -0.710. The number of likely N-dealkylation sites (N-methyl/N-ethyl adjacent to an activating group) is 1. The van der Waals surface area contributed by atoms with E-state index in [2.05, 4.69) is 31.1 Å². The molecule has 0 saturated carbocycles. The molecule has 0 spiro atoms. The van der Waals surface area contributed by atoms with Crippen LogP contribution in [0, 0.1) is 0 Å². The predicted molar refractivity (Wildman–Crippen MR) is 78.8 cm³/mol. The third kappa shape index (κ3) is 4.52. The second-order valence-corrected chi connectivity index (χ2v) is 7.33. The van der Waals surface area contributed by atoms with Crippen molar-refractivity contribution in [3.63, 3.8) is 0 Å². The van der Waals surface area contributed by atoms with Crippen LogP contribution in [0.4, 0.5) is 0 Å². The van der Waals surface area contributed by atoms with Gasteiger partial charge in [-0.3, -0.25) is 5.14 Å². The van der Waals surface area contributed by atoms with Crippen LogP contribution in [0.1, 0.15) is 31.7 Å². The number of hydrogen-bond donors (Lipinski definition) is 1. The van der Waals surface area contributed by atoms with Gasteiger partial charge in [-0.2, -0.15) is 0 Å². The van der Waals surface area contributed by atoms with E-state index in [9.17, 15) is 4.21 Å². The Kier molecular flexibility index (Phi) is 5.50. The molecule has 0 fully saturated rings. The lowest BCUT2D eigenvalue weighted by molar-refractivity contribution is 0.349. The first-order valence-electron chi connectivity index (χ1n) is 6.19. The highest BCUT2D eigenvalue weighted by atomic mass is 32.2. The number of nitrogens with two attached hydrogens (primary N) is 1. The van der Waals surface area contributed by atoms with E-state index in [1.165, 1.54) is 5.56 Å². The maximum absolute atomic E-state index is 11.6. The van der Waals surface area contributed by atoms with Crippen molar-refractivity contribution >= 4 is 11.0 Å². The minimum Gasteiger partial charge on any atom is -0.309 e. The zero-order valence-corrected chi connectivity index (χ0v) is 12.5. The van der Waals surface area contributed by atoms with Crippen LogP contribution in [0.2, 0.25) is 0 Å². The van der Waals surface area contributed by atoms with Crippen molar-refractivity contribution in [2.24, 2.45) is 5.14 Å². The molecule has 0 heterocycles. The summed E-state index contributed by atoms with van der Waals surface area (Å²) in [7, 11) is 2.81. The van der Waals surface area contributed by atoms with Crippen LogP contribution in [0.3, 0.4) is 0 Å². The van der Waals surface area contributed by atoms with Crippen LogP contribution in [0.25, 0.3) is 0 Å². The summed E-state index contributed by atoms with van der Waals surface area (Å²) in [6.07, 6.45) is 0.818. The van der Waals surface area contributed by atoms with Crippen LogP contribution >= 0.6 is 0 Å². The number of nitrogens with zero attached hydrogens (tertiary/aromatic N) is 1. The summed E-state index contributed by atoms with van der Waals surface area (Å²) < 4.78 is 11.2. The summed E-state index contributed by atoms with van der Waals surface area (Å²) in [5.74, 6) is 0.351. The molecule has 18 heavy (non-hydrogen) atoms. The molecule has 3 nitrogen and oxygen atoms in total. The van der Waals surface area contributed by atoms with Gasteiger partial charge in [0.1, 0.15) is 0 Å². The molecular weight excluding hydrogens is 244 g/mol. The van der Waals surface area contributed by atoms with Crippen molar-refractivity contribution in [1.82, 2.24) is 4.90 Å². The van der Waals surface area contributed by atoms with Crippen LogP contribution in [-0.2, 0) is 11.0 Å². The van der Waals surface area contributed by atoms with Crippen molar-refractivity contribution in [2.75, 3.05) is 20.6 Å². The summed E-state index contributed by atoms with van der Waals surface area (Å²) >= 11 is 0. The van der Waals surface area contributed by atoms with Gasteiger partial charge in [0.15, 0.2) is 0 Å². The van der Waals surface area contributed by atoms with E-state index in [0.29, 0.717) is 5.92 Å². The number of benzene rings is 1. The SMILES string of the molecule is CN(C)C[C@@H](CC(C)(C)S(N)=O)c1ccccc1. The van der Waals surface area contributed by atoms with Crippen LogP contribution in [0.5, 0.6) is 0 Å². The van der Waals surface area contributed by atoms with Gasteiger partial charge in [-0.25, -0.2) is 4.21 Å². The molecule has 4 heteroatoms. The molecule has 1 unspecified atom stereocenters. The fourth-order valence-corrected chi connectivity index (χ4v) is 2.49. The van der Waals surface area contributed by atoms with Crippen molar-refractivity contribution < 1.29 is 4.21 Å². The first kappa shape index (κ1) is 15.3. The lowest BCUT2D eigenvalue weighted by Crippen LogP contribution is -2.35. The van der Waals surface area contributed by atoms with E-state index in [1.54, 1.807) is 0 Å². The lowest BCUT2D eigenvalue weighted by atomic mass is 9.89.